The molecule has 0 aliphatic carbocycles. The first-order valence-electron chi connectivity index (χ1n) is 6.19. The number of hydrogen-bond donors (Lipinski definition) is 2. The molecule has 1 aromatic rings. The number of aryl methyl sites for hydroxylation is 1. The smallest absolute Gasteiger partial charge is 0.240 e. The summed E-state index contributed by atoms with van der Waals surface area (Å²) in [7, 11) is -3.47. The van der Waals surface area contributed by atoms with Gasteiger partial charge >= 0.3 is 0 Å². The van der Waals surface area contributed by atoms with E-state index >= 15 is 0 Å². The number of hydrogen-bond acceptors (Lipinski definition) is 3. The van der Waals surface area contributed by atoms with Crippen molar-refractivity contribution in [2.75, 3.05) is 6.54 Å². The van der Waals surface area contributed by atoms with E-state index in [0.29, 0.717) is 4.90 Å². The van der Waals surface area contributed by atoms with E-state index in [1.54, 1.807) is 25.1 Å². The van der Waals surface area contributed by atoms with Crippen LogP contribution in [0.25, 0.3) is 0 Å². The van der Waals surface area contributed by atoms with E-state index in [0.717, 1.165) is 18.4 Å². The number of halogens is 1. The van der Waals surface area contributed by atoms with Gasteiger partial charge in [-0.1, -0.05) is 32.0 Å². The Bertz CT molecular complexity index is 499. The van der Waals surface area contributed by atoms with Gasteiger partial charge in [-0.3, -0.25) is 0 Å². The van der Waals surface area contributed by atoms with Crippen LogP contribution in [-0.4, -0.2) is 20.5 Å². The Morgan fingerprint density at radius 2 is 1.74 bits per heavy atom. The standard InChI is InChI=1S/C13H22N2O2S.ClH/c1-4-13(14,5-2)10-15-18(16,17)12-9-7-6-8-11(12)3;/h6-9,15H,4-5,10,14H2,1-3H3;1H. The molecule has 1 aromatic carbocycles. The molecular formula is C13H23ClN2O2S. The van der Waals surface area contributed by atoms with Gasteiger partial charge in [-0.05, 0) is 31.4 Å². The van der Waals surface area contributed by atoms with Crippen LogP contribution in [0.2, 0.25) is 0 Å². The minimum Gasteiger partial charge on any atom is -0.324 e. The second-order valence-corrected chi connectivity index (χ2v) is 6.39. The molecule has 6 heteroatoms. The maximum absolute atomic E-state index is 12.2. The summed E-state index contributed by atoms with van der Waals surface area (Å²) in [5, 5.41) is 0. The Labute approximate surface area is 122 Å². The number of rotatable bonds is 6. The lowest BCUT2D eigenvalue weighted by molar-refractivity contribution is 0.391. The van der Waals surface area contributed by atoms with Gasteiger partial charge in [0, 0.05) is 12.1 Å². The minimum absolute atomic E-state index is 0. The van der Waals surface area contributed by atoms with Crippen molar-refractivity contribution in [1.82, 2.24) is 4.72 Å². The molecule has 0 radical (unpaired) electrons. The Balaban J connectivity index is 0.00000324. The van der Waals surface area contributed by atoms with Gasteiger partial charge < -0.3 is 5.73 Å². The Morgan fingerprint density at radius 1 is 1.21 bits per heavy atom. The quantitative estimate of drug-likeness (QED) is 0.846. The van der Waals surface area contributed by atoms with E-state index < -0.39 is 15.6 Å². The first kappa shape index (κ1) is 18.4. The second kappa shape index (κ2) is 7.24. The van der Waals surface area contributed by atoms with Crippen molar-refractivity contribution in [3.63, 3.8) is 0 Å². The molecule has 0 saturated carbocycles. The Kier molecular flexibility index (Phi) is 7.00. The summed E-state index contributed by atoms with van der Waals surface area (Å²) in [6.07, 6.45) is 1.47. The summed E-state index contributed by atoms with van der Waals surface area (Å²) in [6, 6.07) is 6.92. The first-order chi connectivity index (χ1) is 8.34. The third-order valence-corrected chi connectivity index (χ3v) is 4.97. The van der Waals surface area contributed by atoms with E-state index in [1.807, 2.05) is 19.9 Å². The largest absolute Gasteiger partial charge is 0.324 e. The van der Waals surface area contributed by atoms with Crippen molar-refractivity contribution in [3.8, 4) is 0 Å². The summed E-state index contributed by atoms with van der Waals surface area (Å²) < 4.78 is 26.9. The maximum atomic E-state index is 12.2. The van der Waals surface area contributed by atoms with Crippen molar-refractivity contribution in [2.45, 2.75) is 44.0 Å². The summed E-state index contributed by atoms with van der Waals surface area (Å²) in [6.45, 7) is 5.97. The average Bonchev–Trinajstić information content (AvgIpc) is 2.36. The van der Waals surface area contributed by atoms with Crippen LogP contribution in [0.4, 0.5) is 0 Å². The van der Waals surface area contributed by atoms with Crippen LogP contribution in [0.5, 0.6) is 0 Å². The Morgan fingerprint density at radius 3 is 2.21 bits per heavy atom. The van der Waals surface area contributed by atoms with E-state index in [9.17, 15) is 8.42 Å². The molecule has 3 N–H and O–H groups in total. The molecule has 0 bridgehead atoms. The van der Waals surface area contributed by atoms with Gasteiger partial charge in [-0.25, -0.2) is 13.1 Å². The van der Waals surface area contributed by atoms with E-state index in [-0.39, 0.29) is 19.0 Å². The van der Waals surface area contributed by atoms with Crippen LogP contribution in [-0.2, 0) is 10.0 Å². The Hall–Kier alpha value is -0.620. The van der Waals surface area contributed by atoms with Crippen molar-refractivity contribution in [3.05, 3.63) is 29.8 Å². The van der Waals surface area contributed by atoms with Crippen molar-refractivity contribution < 1.29 is 8.42 Å². The third-order valence-electron chi connectivity index (χ3n) is 3.41. The highest BCUT2D eigenvalue weighted by Crippen LogP contribution is 2.16. The molecule has 19 heavy (non-hydrogen) atoms. The molecule has 0 saturated heterocycles. The van der Waals surface area contributed by atoms with E-state index in [4.69, 9.17) is 5.73 Å². The molecule has 0 unspecified atom stereocenters. The highest BCUT2D eigenvalue weighted by molar-refractivity contribution is 7.89. The average molecular weight is 307 g/mol. The van der Waals surface area contributed by atoms with Gasteiger partial charge in [0.1, 0.15) is 0 Å². The zero-order valence-electron chi connectivity index (χ0n) is 11.6. The molecule has 0 aliphatic rings. The van der Waals surface area contributed by atoms with Crippen molar-refractivity contribution >= 4 is 22.4 Å². The molecule has 0 atom stereocenters. The molecule has 0 aliphatic heterocycles. The SMILES string of the molecule is CCC(N)(CC)CNS(=O)(=O)c1ccccc1C.Cl. The van der Waals surface area contributed by atoms with E-state index in [2.05, 4.69) is 4.72 Å². The first-order valence-corrected chi connectivity index (χ1v) is 7.67. The number of nitrogens with one attached hydrogen (secondary N) is 1. The van der Waals surface area contributed by atoms with Crippen LogP contribution in [0.15, 0.2) is 29.2 Å². The fourth-order valence-electron chi connectivity index (χ4n) is 1.67. The summed E-state index contributed by atoms with van der Waals surface area (Å²) in [5.74, 6) is 0. The summed E-state index contributed by atoms with van der Waals surface area (Å²) >= 11 is 0. The lowest BCUT2D eigenvalue weighted by Gasteiger charge is -2.26. The number of sulfonamides is 1. The fraction of sp³-hybridized carbons (Fsp3) is 0.538. The highest BCUT2D eigenvalue weighted by atomic mass is 35.5. The van der Waals surface area contributed by atoms with Gasteiger partial charge in [-0.2, -0.15) is 0 Å². The van der Waals surface area contributed by atoms with Gasteiger partial charge in [0.25, 0.3) is 0 Å². The van der Waals surface area contributed by atoms with Crippen molar-refractivity contribution in [1.29, 1.82) is 0 Å². The summed E-state index contributed by atoms with van der Waals surface area (Å²) in [4.78, 5) is 0.319. The third kappa shape index (κ3) is 4.76. The molecule has 1 rings (SSSR count). The molecule has 0 heterocycles. The molecule has 4 nitrogen and oxygen atoms in total. The molecule has 110 valence electrons. The van der Waals surface area contributed by atoms with Gasteiger partial charge in [-0.15, -0.1) is 12.4 Å². The van der Waals surface area contributed by atoms with Gasteiger partial charge in [0.15, 0.2) is 0 Å². The monoisotopic (exact) mass is 306 g/mol. The lowest BCUT2D eigenvalue weighted by Crippen LogP contribution is -2.49. The summed E-state index contributed by atoms with van der Waals surface area (Å²) in [5.41, 5.74) is 6.35. The molecule has 0 fully saturated rings. The second-order valence-electron chi connectivity index (χ2n) is 4.66. The minimum atomic E-state index is -3.47. The van der Waals surface area contributed by atoms with Gasteiger partial charge in [0.2, 0.25) is 10.0 Å². The highest BCUT2D eigenvalue weighted by Gasteiger charge is 2.24. The molecule has 0 aromatic heterocycles. The van der Waals surface area contributed by atoms with Crippen LogP contribution in [0, 0.1) is 6.92 Å². The topological polar surface area (TPSA) is 72.2 Å². The maximum Gasteiger partial charge on any atom is 0.240 e. The fourth-order valence-corrected chi connectivity index (χ4v) is 3.06. The zero-order valence-corrected chi connectivity index (χ0v) is 13.3. The van der Waals surface area contributed by atoms with Crippen molar-refractivity contribution in [2.24, 2.45) is 5.73 Å². The number of nitrogens with two attached hydrogens (primary N) is 1. The van der Waals surface area contributed by atoms with Crippen LogP contribution in [0.1, 0.15) is 32.3 Å². The molecular weight excluding hydrogens is 284 g/mol. The van der Waals surface area contributed by atoms with Gasteiger partial charge in [0.05, 0.1) is 4.90 Å². The van der Waals surface area contributed by atoms with Crippen LogP contribution >= 0.6 is 12.4 Å². The van der Waals surface area contributed by atoms with Crippen LogP contribution in [0.3, 0.4) is 0 Å². The number of benzene rings is 1. The lowest BCUT2D eigenvalue weighted by atomic mass is 9.95. The van der Waals surface area contributed by atoms with Crippen LogP contribution < -0.4 is 10.5 Å². The normalized spacial score (nSPS) is 12.0. The zero-order chi connectivity index (χ0) is 13.8. The predicted octanol–water partition coefficient (Wildman–Crippen LogP) is 2.21. The molecule has 0 amide bonds. The van der Waals surface area contributed by atoms with E-state index in [1.165, 1.54) is 0 Å². The predicted molar refractivity (Wildman–Crippen MR) is 81.1 cm³/mol. The molecule has 0 spiro atoms.